The molecule has 0 saturated heterocycles. The van der Waals surface area contributed by atoms with Gasteiger partial charge in [0.05, 0.1) is 12.7 Å². The number of ether oxygens (including phenoxy) is 1. The molecule has 0 bridgehead atoms. The van der Waals surface area contributed by atoms with Gasteiger partial charge >= 0.3 is 0 Å². The normalized spacial score (nSPS) is 19.6. The standard InChI is InChI=1S/C10H18ClNO2/c1-8(11)10(13)12-6-7-14-9-4-2-3-5-9/h8-9H,2-7H2,1H3,(H,12,13). The van der Waals surface area contributed by atoms with Gasteiger partial charge in [0.15, 0.2) is 0 Å². The van der Waals surface area contributed by atoms with Crippen LogP contribution in [0.25, 0.3) is 0 Å². The van der Waals surface area contributed by atoms with Gasteiger partial charge in [-0.2, -0.15) is 0 Å². The summed E-state index contributed by atoms with van der Waals surface area (Å²) in [6.07, 6.45) is 5.30. The Labute approximate surface area is 90.1 Å². The van der Waals surface area contributed by atoms with E-state index in [2.05, 4.69) is 5.32 Å². The molecule has 0 heterocycles. The molecule has 1 fully saturated rings. The van der Waals surface area contributed by atoms with Crippen molar-refractivity contribution in [2.24, 2.45) is 0 Å². The number of carbonyl (C=O) groups excluding carboxylic acids is 1. The second kappa shape index (κ2) is 6.25. The van der Waals surface area contributed by atoms with Crippen LogP contribution < -0.4 is 5.32 Å². The van der Waals surface area contributed by atoms with Crippen LogP contribution in [-0.2, 0) is 9.53 Å². The van der Waals surface area contributed by atoms with Crippen LogP contribution in [0.4, 0.5) is 0 Å². The Morgan fingerprint density at radius 2 is 2.21 bits per heavy atom. The Morgan fingerprint density at radius 1 is 1.57 bits per heavy atom. The summed E-state index contributed by atoms with van der Waals surface area (Å²) < 4.78 is 5.58. The Hall–Kier alpha value is -0.280. The first-order valence-corrected chi connectivity index (χ1v) is 5.67. The van der Waals surface area contributed by atoms with E-state index in [9.17, 15) is 4.79 Å². The quantitative estimate of drug-likeness (QED) is 0.565. The van der Waals surface area contributed by atoms with Gasteiger partial charge < -0.3 is 10.1 Å². The summed E-state index contributed by atoms with van der Waals surface area (Å²) in [5, 5.41) is 2.25. The topological polar surface area (TPSA) is 38.3 Å². The molecule has 82 valence electrons. The zero-order valence-electron chi connectivity index (χ0n) is 8.59. The Balaban J connectivity index is 1.96. The minimum Gasteiger partial charge on any atom is -0.376 e. The summed E-state index contributed by atoms with van der Waals surface area (Å²) in [5.41, 5.74) is 0. The second-order valence-electron chi connectivity index (χ2n) is 3.68. The van der Waals surface area contributed by atoms with Gasteiger partial charge in [0, 0.05) is 6.54 Å². The minimum absolute atomic E-state index is 0.123. The van der Waals surface area contributed by atoms with E-state index in [0.29, 0.717) is 19.3 Å². The lowest BCUT2D eigenvalue weighted by Gasteiger charge is -2.11. The molecule has 0 aliphatic heterocycles. The number of alkyl halides is 1. The molecule has 1 atom stereocenters. The molecule has 1 unspecified atom stereocenters. The summed E-state index contributed by atoms with van der Waals surface area (Å²) >= 11 is 5.58. The monoisotopic (exact) mass is 219 g/mol. The first-order valence-electron chi connectivity index (χ1n) is 5.23. The van der Waals surface area contributed by atoms with Crippen molar-refractivity contribution in [2.75, 3.05) is 13.2 Å². The molecule has 1 amide bonds. The van der Waals surface area contributed by atoms with Gasteiger partial charge in [-0.25, -0.2) is 0 Å². The molecule has 0 aromatic carbocycles. The van der Waals surface area contributed by atoms with Crippen LogP contribution in [0.15, 0.2) is 0 Å². The van der Waals surface area contributed by atoms with E-state index in [4.69, 9.17) is 16.3 Å². The molecule has 1 rings (SSSR count). The third-order valence-electron chi connectivity index (χ3n) is 2.42. The van der Waals surface area contributed by atoms with Gasteiger partial charge in [-0.15, -0.1) is 11.6 Å². The molecule has 0 spiro atoms. The second-order valence-corrected chi connectivity index (χ2v) is 4.34. The van der Waals surface area contributed by atoms with Crippen molar-refractivity contribution in [1.82, 2.24) is 5.32 Å². The van der Waals surface area contributed by atoms with E-state index in [1.165, 1.54) is 25.7 Å². The van der Waals surface area contributed by atoms with Crippen molar-refractivity contribution in [2.45, 2.75) is 44.1 Å². The molecule has 1 aliphatic carbocycles. The van der Waals surface area contributed by atoms with E-state index in [1.54, 1.807) is 6.92 Å². The van der Waals surface area contributed by atoms with Crippen molar-refractivity contribution in [1.29, 1.82) is 0 Å². The van der Waals surface area contributed by atoms with Crippen molar-refractivity contribution in [3.05, 3.63) is 0 Å². The van der Waals surface area contributed by atoms with Crippen molar-refractivity contribution in [3.63, 3.8) is 0 Å². The molecule has 14 heavy (non-hydrogen) atoms. The van der Waals surface area contributed by atoms with E-state index in [1.807, 2.05) is 0 Å². The van der Waals surface area contributed by atoms with Gasteiger partial charge in [-0.1, -0.05) is 12.8 Å². The molecule has 1 aliphatic rings. The number of halogens is 1. The molecule has 3 nitrogen and oxygen atoms in total. The average Bonchev–Trinajstić information content (AvgIpc) is 2.64. The third-order valence-corrected chi connectivity index (χ3v) is 2.62. The van der Waals surface area contributed by atoms with E-state index in [-0.39, 0.29) is 5.91 Å². The highest BCUT2D eigenvalue weighted by Crippen LogP contribution is 2.20. The SMILES string of the molecule is CC(Cl)C(=O)NCCOC1CCCC1. The van der Waals surface area contributed by atoms with Gasteiger partial charge in [0.1, 0.15) is 5.38 Å². The maximum Gasteiger partial charge on any atom is 0.237 e. The minimum atomic E-state index is -0.457. The fourth-order valence-corrected chi connectivity index (χ4v) is 1.67. The number of hydrogen-bond acceptors (Lipinski definition) is 2. The first kappa shape index (κ1) is 11.8. The Morgan fingerprint density at radius 3 is 2.79 bits per heavy atom. The number of hydrogen-bond donors (Lipinski definition) is 1. The lowest BCUT2D eigenvalue weighted by Crippen LogP contribution is -2.33. The average molecular weight is 220 g/mol. The molecule has 4 heteroatoms. The van der Waals surface area contributed by atoms with E-state index < -0.39 is 5.38 Å². The molecule has 0 aromatic rings. The summed E-state index contributed by atoms with van der Waals surface area (Å²) in [6.45, 7) is 2.82. The highest BCUT2D eigenvalue weighted by molar-refractivity contribution is 6.30. The van der Waals surface area contributed by atoms with Gasteiger partial charge in [0.25, 0.3) is 0 Å². The number of amides is 1. The zero-order valence-corrected chi connectivity index (χ0v) is 9.35. The van der Waals surface area contributed by atoms with Crippen LogP contribution in [0.3, 0.4) is 0 Å². The largest absolute Gasteiger partial charge is 0.376 e. The summed E-state index contributed by atoms with van der Waals surface area (Å²) in [7, 11) is 0. The van der Waals surface area contributed by atoms with Crippen molar-refractivity contribution in [3.8, 4) is 0 Å². The van der Waals surface area contributed by atoms with Crippen LogP contribution >= 0.6 is 11.6 Å². The maximum absolute atomic E-state index is 11.0. The molecule has 1 saturated carbocycles. The van der Waals surface area contributed by atoms with Crippen LogP contribution in [-0.4, -0.2) is 30.5 Å². The van der Waals surface area contributed by atoms with Gasteiger partial charge in [-0.05, 0) is 19.8 Å². The fraction of sp³-hybridized carbons (Fsp3) is 0.900. The molecular weight excluding hydrogens is 202 g/mol. The highest BCUT2D eigenvalue weighted by Gasteiger charge is 2.15. The van der Waals surface area contributed by atoms with Crippen molar-refractivity contribution < 1.29 is 9.53 Å². The maximum atomic E-state index is 11.0. The van der Waals surface area contributed by atoms with Gasteiger partial charge in [0.2, 0.25) is 5.91 Å². The first-order chi connectivity index (χ1) is 6.70. The summed E-state index contributed by atoms with van der Waals surface area (Å²) in [5.74, 6) is -0.123. The summed E-state index contributed by atoms with van der Waals surface area (Å²) in [6, 6.07) is 0. The molecule has 0 aromatic heterocycles. The van der Waals surface area contributed by atoms with Crippen molar-refractivity contribution >= 4 is 17.5 Å². The van der Waals surface area contributed by atoms with E-state index in [0.717, 1.165) is 0 Å². The van der Waals surface area contributed by atoms with Gasteiger partial charge in [-0.3, -0.25) is 4.79 Å². The molecule has 0 radical (unpaired) electrons. The summed E-state index contributed by atoms with van der Waals surface area (Å²) in [4.78, 5) is 11.0. The number of rotatable bonds is 5. The lowest BCUT2D eigenvalue weighted by atomic mass is 10.3. The predicted octanol–water partition coefficient (Wildman–Crippen LogP) is 1.69. The fourth-order valence-electron chi connectivity index (χ4n) is 1.60. The molecule has 1 N–H and O–H groups in total. The number of nitrogens with one attached hydrogen (secondary N) is 1. The Kier molecular flexibility index (Phi) is 5.26. The zero-order chi connectivity index (χ0) is 10.4. The van der Waals surface area contributed by atoms with Crippen LogP contribution in [0, 0.1) is 0 Å². The third kappa shape index (κ3) is 4.29. The smallest absolute Gasteiger partial charge is 0.237 e. The predicted molar refractivity (Wildman–Crippen MR) is 56.5 cm³/mol. The Bertz CT molecular complexity index is 179. The van der Waals surface area contributed by atoms with Crippen LogP contribution in [0.2, 0.25) is 0 Å². The molecular formula is C10H18ClNO2. The van der Waals surface area contributed by atoms with Crippen LogP contribution in [0.1, 0.15) is 32.6 Å². The lowest BCUT2D eigenvalue weighted by molar-refractivity contribution is -0.120. The van der Waals surface area contributed by atoms with E-state index >= 15 is 0 Å². The van der Waals surface area contributed by atoms with Crippen LogP contribution in [0.5, 0.6) is 0 Å². The number of carbonyl (C=O) groups is 1. The highest BCUT2D eigenvalue weighted by atomic mass is 35.5.